The molecular weight excluding hydrogens is 736 g/mol. The molecule has 0 aliphatic carbocycles. The van der Waals surface area contributed by atoms with Gasteiger partial charge in [0, 0.05) is 78.5 Å². The lowest BCUT2D eigenvalue weighted by Gasteiger charge is -2.36. The van der Waals surface area contributed by atoms with Gasteiger partial charge in [0.05, 0.1) is 24.3 Å². The summed E-state index contributed by atoms with van der Waals surface area (Å²) in [7, 11) is 3.50. The van der Waals surface area contributed by atoms with Crippen molar-refractivity contribution in [3.63, 3.8) is 0 Å². The van der Waals surface area contributed by atoms with Crippen LogP contribution < -0.4 is 4.90 Å². The quantitative estimate of drug-likeness (QED) is 0.101. The van der Waals surface area contributed by atoms with Crippen LogP contribution in [0.15, 0.2) is 103 Å². The number of ether oxygens (including phenoxy) is 1. The van der Waals surface area contributed by atoms with Crippen molar-refractivity contribution in [1.29, 1.82) is 0 Å². The van der Waals surface area contributed by atoms with Crippen molar-refractivity contribution in [2.75, 3.05) is 51.3 Å². The van der Waals surface area contributed by atoms with Crippen LogP contribution in [0.25, 0.3) is 17.1 Å². The molecule has 0 spiro atoms. The van der Waals surface area contributed by atoms with Crippen molar-refractivity contribution in [3.8, 4) is 0 Å². The van der Waals surface area contributed by atoms with Gasteiger partial charge in [0.15, 0.2) is 0 Å². The summed E-state index contributed by atoms with van der Waals surface area (Å²) in [6.45, 7) is 5.11. The van der Waals surface area contributed by atoms with Gasteiger partial charge in [-0.15, -0.1) is 5.10 Å². The Hall–Kier alpha value is -6.02. The van der Waals surface area contributed by atoms with Crippen LogP contribution in [0.3, 0.4) is 0 Å². The molecule has 5 aromatic rings. The Morgan fingerprint density at radius 1 is 0.877 bits per heavy atom. The first kappa shape index (κ1) is 40.6. The monoisotopic (exact) mass is 781 g/mol. The Morgan fingerprint density at radius 2 is 1.56 bits per heavy atom. The molecular formula is C43H46F3N7O4. The molecule has 0 radical (unpaired) electrons. The number of alkyl halides is 3. The molecule has 298 valence electrons. The van der Waals surface area contributed by atoms with Gasteiger partial charge in [0.25, 0.3) is 0 Å². The van der Waals surface area contributed by atoms with Crippen molar-refractivity contribution >= 4 is 40.5 Å². The molecule has 3 amide bonds. The number of rotatable bonds is 14. The van der Waals surface area contributed by atoms with E-state index in [1.807, 2.05) is 84.7 Å². The highest BCUT2D eigenvalue weighted by Crippen LogP contribution is 2.29. The van der Waals surface area contributed by atoms with Gasteiger partial charge in [0.2, 0.25) is 17.7 Å². The number of aryl methyl sites for hydroxylation is 1. The van der Waals surface area contributed by atoms with E-state index in [-0.39, 0.29) is 37.9 Å². The standard InChI is InChI=1S/C43H46F3N7O4/c1-31(54)51-21-23-52(24-22-51)37-17-11-34(12-18-37)29-53(41(55)20-14-32-9-15-36(16-10-32)43(44,45)46)40(28-33-7-5-4-6-8-33)42(56)49(2)25-26-57-30-35-13-19-39-38(27-35)47-48-50(39)3/h4-20,27,40H,21-26,28-30H2,1-3H3/t40-/m0/s1. The molecule has 1 aliphatic rings. The molecule has 0 bridgehead atoms. The molecule has 0 N–H and O–H groups in total. The van der Waals surface area contributed by atoms with Crippen molar-refractivity contribution < 1.29 is 32.3 Å². The average Bonchev–Trinajstić information content (AvgIpc) is 3.59. The zero-order valence-corrected chi connectivity index (χ0v) is 32.2. The van der Waals surface area contributed by atoms with E-state index in [0.717, 1.165) is 45.5 Å². The molecule has 0 unspecified atom stereocenters. The van der Waals surface area contributed by atoms with E-state index < -0.39 is 23.7 Å². The van der Waals surface area contributed by atoms with Crippen molar-refractivity contribution in [3.05, 3.63) is 131 Å². The number of anilines is 1. The molecule has 4 aromatic carbocycles. The fraction of sp³-hybridized carbons (Fsp3) is 0.326. The first-order chi connectivity index (χ1) is 27.4. The van der Waals surface area contributed by atoms with Crippen molar-refractivity contribution in [2.45, 2.75) is 38.7 Å². The second-order valence-corrected chi connectivity index (χ2v) is 14.1. The number of hydrogen-bond donors (Lipinski definition) is 0. The zero-order valence-electron chi connectivity index (χ0n) is 32.2. The Morgan fingerprint density at radius 3 is 2.23 bits per heavy atom. The van der Waals surface area contributed by atoms with Crippen LogP contribution >= 0.6 is 0 Å². The maximum Gasteiger partial charge on any atom is 0.416 e. The molecule has 2 heterocycles. The SMILES string of the molecule is CC(=O)N1CCN(c2ccc(CN(C(=O)C=Cc3ccc(C(F)(F)F)cc3)[C@@H](Cc3ccccc3)C(=O)N(C)CCOCc3ccc4c(c3)nnn4C)cc2)CC1. The van der Waals surface area contributed by atoms with E-state index in [1.54, 1.807) is 23.6 Å². The number of benzene rings is 4. The molecule has 11 nitrogen and oxygen atoms in total. The largest absolute Gasteiger partial charge is 0.416 e. The smallest absolute Gasteiger partial charge is 0.375 e. The van der Waals surface area contributed by atoms with Crippen LogP contribution in [0.4, 0.5) is 18.9 Å². The topological polar surface area (TPSA) is 104 Å². The number of amides is 3. The van der Waals surface area contributed by atoms with Gasteiger partial charge >= 0.3 is 6.18 Å². The number of carbonyl (C=O) groups excluding carboxylic acids is 3. The van der Waals surface area contributed by atoms with Crippen molar-refractivity contribution in [1.82, 2.24) is 29.7 Å². The summed E-state index contributed by atoms with van der Waals surface area (Å²) in [6.07, 6.45) is -1.50. The maximum atomic E-state index is 14.4. The Bertz CT molecular complexity index is 2170. The molecule has 1 aromatic heterocycles. The zero-order chi connectivity index (χ0) is 40.5. The highest BCUT2D eigenvalue weighted by atomic mass is 19.4. The van der Waals surface area contributed by atoms with Crippen LogP contribution in [-0.4, -0.2) is 99.8 Å². The lowest BCUT2D eigenvalue weighted by atomic mass is 10.0. The van der Waals surface area contributed by atoms with E-state index >= 15 is 0 Å². The highest BCUT2D eigenvalue weighted by molar-refractivity contribution is 5.95. The Balaban J connectivity index is 1.22. The summed E-state index contributed by atoms with van der Waals surface area (Å²) in [4.78, 5) is 47.6. The summed E-state index contributed by atoms with van der Waals surface area (Å²) in [5, 5.41) is 8.20. The molecule has 1 fully saturated rings. The number of nitrogens with zero attached hydrogens (tertiary/aromatic N) is 7. The Labute approximate surface area is 329 Å². The molecule has 14 heteroatoms. The number of fused-ring (bicyclic) bond motifs is 1. The predicted molar refractivity (Wildman–Crippen MR) is 212 cm³/mol. The minimum Gasteiger partial charge on any atom is -0.375 e. The minimum atomic E-state index is -4.49. The van der Waals surface area contributed by atoms with Gasteiger partial charge in [-0.2, -0.15) is 13.2 Å². The third-order valence-corrected chi connectivity index (χ3v) is 10.1. The van der Waals surface area contributed by atoms with Gasteiger partial charge in [-0.1, -0.05) is 65.9 Å². The molecule has 1 saturated heterocycles. The van der Waals surface area contributed by atoms with Crippen LogP contribution in [-0.2, 0) is 51.9 Å². The molecule has 6 rings (SSSR count). The first-order valence-electron chi connectivity index (χ1n) is 18.8. The van der Waals surface area contributed by atoms with E-state index in [4.69, 9.17) is 4.74 Å². The predicted octanol–water partition coefficient (Wildman–Crippen LogP) is 5.98. The molecule has 1 aliphatic heterocycles. The van der Waals surface area contributed by atoms with Gasteiger partial charge in [-0.3, -0.25) is 14.4 Å². The third-order valence-electron chi connectivity index (χ3n) is 10.1. The summed E-state index contributed by atoms with van der Waals surface area (Å²) >= 11 is 0. The number of piperazine rings is 1. The van der Waals surface area contributed by atoms with Gasteiger partial charge in [-0.25, -0.2) is 4.68 Å². The fourth-order valence-electron chi connectivity index (χ4n) is 6.78. The first-order valence-corrected chi connectivity index (χ1v) is 18.8. The van der Waals surface area contributed by atoms with E-state index in [1.165, 1.54) is 29.2 Å². The van der Waals surface area contributed by atoms with Crippen LogP contribution in [0, 0.1) is 0 Å². The van der Waals surface area contributed by atoms with Crippen LogP contribution in [0.5, 0.6) is 0 Å². The third kappa shape index (κ3) is 10.6. The second-order valence-electron chi connectivity index (χ2n) is 14.1. The van der Waals surface area contributed by atoms with Gasteiger partial charge < -0.3 is 24.3 Å². The molecule has 1 atom stereocenters. The molecule has 0 saturated carbocycles. The van der Waals surface area contributed by atoms with Crippen LogP contribution in [0.1, 0.15) is 34.7 Å². The van der Waals surface area contributed by atoms with Gasteiger partial charge in [-0.05, 0) is 64.7 Å². The number of carbonyl (C=O) groups is 3. The number of hydrogen-bond acceptors (Lipinski definition) is 7. The van der Waals surface area contributed by atoms with E-state index in [0.29, 0.717) is 38.3 Å². The summed E-state index contributed by atoms with van der Waals surface area (Å²) in [6, 6.07) is 26.6. The Kier molecular flexibility index (Phi) is 13.0. The number of likely N-dealkylation sites (N-methyl/N-ethyl adjacent to an activating group) is 1. The summed E-state index contributed by atoms with van der Waals surface area (Å²) < 4.78 is 47.3. The maximum absolute atomic E-state index is 14.4. The minimum absolute atomic E-state index is 0.0524. The number of aromatic nitrogens is 3. The highest BCUT2D eigenvalue weighted by Gasteiger charge is 2.32. The number of halogens is 3. The fourth-order valence-corrected chi connectivity index (χ4v) is 6.78. The van der Waals surface area contributed by atoms with E-state index in [2.05, 4.69) is 15.2 Å². The van der Waals surface area contributed by atoms with E-state index in [9.17, 15) is 27.6 Å². The lowest BCUT2D eigenvalue weighted by molar-refractivity contribution is -0.143. The second kappa shape index (κ2) is 18.3. The summed E-state index contributed by atoms with van der Waals surface area (Å²) in [5.41, 5.74) is 4.82. The summed E-state index contributed by atoms with van der Waals surface area (Å²) in [5.74, 6) is -0.714. The molecule has 57 heavy (non-hydrogen) atoms. The van der Waals surface area contributed by atoms with Crippen molar-refractivity contribution in [2.24, 2.45) is 7.05 Å². The average molecular weight is 782 g/mol. The normalized spacial score (nSPS) is 13.9. The van der Waals surface area contributed by atoms with Gasteiger partial charge in [0.1, 0.15) is 11.6 Å². The lowest BCUT2D eigenvalue weighted by Crippen LogP contribution is -2.51. The van der Waals surface area contributed by atoms with Crippen LogP contribution in [0.2, 0.25) is 0 Å².